The fourth-order valence-corrected chi connectivity index (χ4v) is 1.10. The molecular weight excluding hydrogens is 182 g/mol. The van der Waals surface area contributed by atoms with Crippen LogP contribution in [0.1, 0.15) is 0 Å². The Kier molecular flexibility index (Phi) is 2.02. The topological polar surface area (TPSA) is 63.3 Å². The molecule has 0 unspecified atom stereocenters. The molecule has 2 aromatic rings. The van der Waals surface area contributed by atoms with Crippen LogP contribution in [0.4, 0.5) is 0 Å². The molecular formula is C10H7NO3. The molecule has 0 radical (unpaired) electrons. The zero-order valence-corrected chi connectivity index (χ0v) is 7.18. The van der Waals surface area contributed by atoms with Gasteiger partial charge in [0.15, 0.2) is 5.76 Å². The molecule has 0 aliphatic heterocycles. The first kappa shape index (κ1) is 8.50. The van der Waals surface area contributed by atoms with Crippen LogP contribution < -0.4 is 5.63 Å². The van der Waals surface area contributed by atoms with E-state index in [0.717, 1.165) is 6.07 Å². The lowest BCUT2D eigenvalue weighted by atomic mass is 10.2. The van der Waals surface area contributed by atoms with Crippen LogP contribution in [0.25, 0.3) is 11.5 Å². The van der Waals surface area contributed by atoms with Crippen molar-refractivity contribution in [2.75, 3.05) is 0 Å². The molecule has 0 fully saturated rings. The van der Waals surface area contributed by atoms with Gasteiger partial charge in [-0.25, -0.2) is 4.79 Å². The third-order valence-corrected chi connectivity index (χ3v) is 1.67. The van der Waals surface area contributed by atoms with Gasteiger partial charge in [-0.2, -0.15) is 0 Å². The van der Waals surface area contributed by atoms with Gasteiger partial charge in [0.2, 0.25) is 0 Å². The van der Waals surface area contributed by atoms with Gasteiger partial charge in [0.1, 0.15) is 11.4 Å². The van der Waals surface area contributed by atoms with Gasteiger partial charge in [-0.05, 0) is 12.1 Å². The van der Waals surface area contributed by atoms with Crippen LogP contribution >= 0.6 is 0 Å². The number of pyridine rings is 1. The summed E-state index contributed by atoms with van der Waals surface area (Å²) in [5, 5.41) is 9.17. The third-order valence-electron chi connectivity index (χ3n) is 1.67. The lowest BCUT2D eigenvalue weighted by Gasteiger charge is -1.98. The van der Waals surface area contributed by atoms with Crippen LogP contribution in [0, 0.1) is 0 Å². The van der Waals surface area contributed by atoms with Crippen molar-refractivity contribution in [3.05, 3.63) is 46.9 Å². The largest absolute Gasteiger partial charge is 0.508 e. The van der Waals surface area contributed by atoms with E-state index in [0.29, 0.717) is 5.69 Å². The Bertz CT molecular complexity index is 490. The first-order valence-electron chi connectivity index (χ1n) is 4.01. The van der Waals surface area contributed by atoms with Crippen molar-refractivity contribution in [3.63, 3.8) is 0 Å². The smallest absolute Gasteiger partial charge is 0.339 e. The summed E-state index contributed by atoms with van der Waals surface area (Å²) < 4.78 is 4.87. The quantitative estimate of drug-likeness (QED) is 0.736. The van der Waals surface area contributed by atoms with Gasteiger partial charge >= 0.3 is 5.63 Å². The lowest BCUT2D eigenvalue weighted by molar-refractivity contribution is 0.452. The van der Waals surface area contributed by atoms with Gasteiger partial charge in [0.25, 0.3) is 0 Å². The molecule has 0 aromatic carbocycles. The summed E-state index contributed by atoms with van der Waals surface area (Å²) in [6, 6.07) is 7.57. The van der Waals surface area contributed by atoms with Gasteiger partial charge in [0.05, 0.1) is 6.07 Å². The molecule has 4 nitrogen and oxygen atoms in total. The number of hydrogen-bond acceptors (Lipinski definition) is 4. The molecule has 1 N–H and O–H groups in total. The molecule has 4 heteroatoms. The Labute approximate surface area is 79.5 Å². The molecule has 0 amide bonds. The average Bonchev–Trinajstić information content (AvgIpc) is 2.18. The van der Waals surface area contributed by atoms with E-state index in [1.165, 1.54) is 6.07 Å². The molecule has 2 heterocycles. The maximum absolute atomic E-state index is 10.9. The van der Waals surface area contributed by atoms with E-state index in [9.17, 15) is 4.79 Å². The highest BCUT2D eigenvalue weighted by molar-refractivity contribution is 5.52. The number of nitrogens with zero attached hydrogens (tertiary/aromatic N) is 1. The molecule has 2 aromatic heterocycles. The summed E-state index contributed by atoms with van der Waals surface area (Å²) in [6.45, 7) is 0. The van der Waals surface area contributed by atoms with Crippen LogP contribution in [0.5, 0.6) is 5.75 Å². The van der Waals surface area contributed by atoms with E-state index in [2.05, 4.69) is 4.98 Å². The van der Waals surface area contributed by atoms with Crippen molar-refractivity contribution in [2.45, 2.75) is 0 Å². The van der Waals surface area contributed by atoms with Crippen LogP contribution in [-0.2, 0) is 0 Å². The van der Waals surface area contributed by atoms with Gasteiger partial charge in [-0.1, -0.05) is 6.07 Å². The standard InChI is InChI=1S/C10H7NO3/c12-7-5-9(14-10(13)6-7)8-3-1-2-4-11-8/h1-6,12H. The lowest BCUT2D eigenvalue weighted by Crippen LogP contribution is -1.96. The molecule has 0 atom stereocenters. The van der Waals surface area contributed by atoms with Crippen molar-refractivity contribution in [1.29, 1.82) is 0 Å². The normalized spacial score (nSPS) is 10.0. The van der Waals surface area contributed by atoms with E-state index in [-0.39, 0.29) is 11.5 Å². The maximum atomic E-state index is 10.9. The second-order valence-electron chi connectivity index (χ2n) is 2.71. The van der Waals surface area contributed by atoms with Crippen LogP contribution in [0.2, 0.25) is 0 Å². The Morgan fingerprint density at radius 2 is 2.14 bits per heavy atom. The maximum Gasteiger partial charge on any atom is 0.339 e. The van der Waals surface area contributed by atoms with Gasteiger partial charge < -0.3 is 9.52 Å². The zero-order chi connectivity index (χ0) is 9.97. The van der Waals surface area contributed by atoms with Crippen molar-refractivity contribution in [1.82, 2.24) is 4.98 Å². The van der Waals surface area contributed by atoms with Crippen LogP contribution in [0.15, 0.2) is 45.7 Å². The van der Waals surface area contributed by atoms with Crippen molar-refractivity contribution < 1.29 is 9.52 Å². The average molecular weight is 189 g/mol. The van der Waals surface area contributed by atoms with E-state index in [4.69, 9.17) is 9.52 Å². The minimum atomic E-state index is -0.592. The molecule has 70 valence electrons. The van der Waals surface area contributed by atoms with Crippen molar-refractivity contribution in [2.24, 2.45) is 0 Å². The number of hydrogen-bond donors (Lipinski definition) is 1. The minimum absolute atomic E-state index is 0.123. The molecule has 0 saturated heterocycles. The fraction of sp³-hybridized carbons (Fsp3) is 0. The highest BCUT2D eigenvalue weighted by atomic mass is 16.4. The summed E-state index contributed by atoms with van der Waals surface area (Å²) in [7, 11) is 0. The predicted octanol–water partition coefficient (Wildman–Crippen LogP) is 1.41. The second kappa shape index (κ2) is 3.33. The van der Waals surface area contributed by atoms with Crippen molar-refractivity contribution in [3.8, 4) is 17.2 Å². The number of aromatic hydroxyl groups is 1. The Hall–Kier alpha value is -2.10. The van der Waals surface area contributed by atoms with Crippen LogP contribution in [-0.4, -0.2) is 10.1 Å². The highest BCUT2D eigenvalue weighted by Crippen LogP contribution is 2.18. The molecule has 14 heavy (non-hydrogen) atoms. The van der Waals surface area contributed by atoms with E-state index in [1.54, 1.807) is 24.4 Å². The van der Waals surface area contributed by atoms with E-state index < -0.39 is 5.63 Å². The predicted molar refractivity (Wildman–Crippen MR) is 49.9 cm³/mol. The molecule has 0 spiro atoms. The van der Waals surface area contributed by atoms with Gasteiger partial charge in [-0.3, -0.25) is 4.98 Å². The monoisotopic (exact) mass is 189 g/mol. The van der Waals surface area contributed by atoms with Gasteiger partial charge in [0, 0.05) is 12.3 Å². The molecule has 0 saturated carbocycles. The van der Waals surface area contributed by atoms with Crippen molar-refractivity contribution >= 4 is 0 Å². The third kappa shape index (κ3) is 1.64. The molecule has 0 aliphatic carbocycles. The highest BCUT2D eigenvalue weighted by Gasteiger charge is 2.03. The van der Waals surface area contributed by atoms with Crippen LogP contribution in [0.3, 0.4) is 0 Å². The summed E-state index contributed by atoms with van der Waals surface area (Å²) in [4.78, 5) is 14.9. The Balaban J connectivity index is 2.58. The molecule has 0 aliphatic rings. The fourth-order valence-electron chi connectivity index (χ4n) is 1.10. The Morgan fingerprint density at radius 1 is 1.29 bits per heavy atom. The molecule has 2 rings (SSSR count). The second-order valence-corrected chi connectivity index (χ2v) is 2.71. The minimum Gasteiger partial charge on any atom is -0.508 e. The number of aromatic nitrogens is 1. The molecule has 0 bridgehead atoms. The van der Waals surface area contributed by atoms with Gasteiger partial charge in [-0.15, -0.1) is 0 Å². The Morgan fingerprint density at radius 3 is 2.79 bits per heavy atom. The first-order chi connectivity index (χ1) is 6.75. The summed E-state index contributed by atoms with van der Waals surface area (Å²) in [6.07, 6.45) is 1.58. The summed E-state index contributed by atoms with van der Waals surface area (Å²) in [5.74, 6) is 0.137. The van der Waals surface area contributed by atoms with E-state index >= 15 is 0 Å². The first-order valence-corrected chi connectivity index (χ1v) is 4.01. The van der Waals surface area contributed by atoms with E-state index in [1.807, 2.05) is 0 Å². The summed E-state index contributed by atoms with van der Waals surface area (Å²) >= 11 is 0. The zero-order valence-electron chi connectivity index (χ0n) is 7.18. The number of rotatable bonds is 1. The summed E-state index contributed by atoms with van der Waals surface area (Å²) in [5.41, 5.74) is -0.0776. The SMILES string of the molecule is O=c1cc(O)cc(-c2ccccn2)o1.